The molecule has 1 fully saturated rings. The third-order valence-corrected chi connectivity index (χ3v) is 3.16. The predicted molar refractivity (Wildman–Crippen MR) is 61.0 cm³/mol. The maximum atomic E-state index is 11.7. The highest BCUT2D eigenvalue weighted by Crippen LogP contribution is 2.08. The molecule has 2 rings (SSSR count). The topological polar surface area (TPSA) is 50.2 Å². The van der Waals surface area contributed by atoms with Crippen LogP contribution in [0.5, 0.6) is 0 Å². The van der Waals surface area contributed by atoms with Gasteiger partial charge in [0, 0.05) is 37.9 Å². The van der Waals surface area contributed by atoms with Crippen LogP contribution in [0.15, 0.2) is 6.20 Å². The van der Waals surface area contributed by atoms with Crippen LogP contribution in [0.25, 0.3) is 0 Å². The minimum absolute atomic E-state index is 0.0424. The van der Waals surface area contributed by atoms with E-state index in [9.17, 15) is 4.79 Å². The van der Waals surface area contributed by atoms with E-state index in [0.717, 1.165) is 37.2 Å². The lowest BCUT2D eigenvalue weighted by molar-refractivity contribution is 0.208. The summed E-state index contributed by atoms with van der Waals surface area (Å²) in [5, 5.41) is 7.07. The summed E-state index contributed by atoms with van der Waals surface area (Å²) in [6.45, 7) is 4.34. The van der Waals surface area contributed by atoms with Crippen molar-refractivity contribution in [3.63, 3.8) is 0 Å². The van der Waals surface area contributed by atoms with Gasteiger partial charge < -0.3 is 10.2 Å². The smallest absolute Gasteiger partial charge is 0.317 e. The number of amides is 2. The first-order chi connectivity index (χ1) is 7.68. The largest absolute Gasteiger partial charge is 0.334 e. The lowest BCUT2D eigenvalue weighted by Gasteiger charge is -2.15. The van der Waals surface area contributed by atoms with Crippen LogP contribution in [0.1, 0.15) is 24.1 Å². The Morgan fingerprint density at radius 3 is 2.75 bits per heavy atom. The van der Waals surface area contributed by atoms with Crippen molar-refractivity contribution in [2.75, 3.05) is 13.1 Å². The molecule has 1 aliphatic heterocycles. The predicted octanol–water partition coefficient (Wildman–Crippen LogP) is 1.03. The number of urea groups is 1. The molecule has 5 heteroatoms. The number of rotatable bonds is 2. The van der Waals surface area contributed by atoms with Crippen LogP contribution in [0.2, 0.25) is 0 Å². The van der Waals surface area contributed by atoms with Crippen molar-refractivity contribution in [3.8, 4) is 0 Å². The summed E-state index contributed by atoms with van der Waals surface area (Å²) in [4.78, 5) is 13.6. The van der Waals surface area contributed by atoms with E-state index in [0.29, 0.717) is 6.54 Å². The first-order valence-corrected chi connectivity index (χ1v) is 5.68. The molecule has 1 aromatic rings. The Hall–Kier alpha value is -1.52. The van der Waals surface area contributed by atoms with Gasteiger partial charge in [-0.05, 0) is 19.8 Å². The molecule has 0 spiro atoms. The minimum Gasteiger partial charge on any atom is -0.334 e. The fraction of sp³-hybridized carbons (Fsp3) is 0.636. The van der Waals surface area contributed by atoms with E-state index >= 15 is 0 Å². The van der Waals surface area contributed by atoms with E-state index in [1.165, 1.54) is 0 Å². The lowest BCUT2D eigenvalue weighted by atomic mass is 10.2. The summed E-state index contributed by atoms with van der Waals surface area (Å²) in [6.07, 6.45) is 4.05. The summed E-state index contributed by atoms with van der Waals surface area (Å²) >= 11 is 0. The molecular weight excluding hydrogens is 204 g/mol. The molecule has 1 saturated heterocycles. The number of aromatic nitrogens is 2. The molecule has 1 aliphatic rings. The number of hydrogen-bond donors (Lipinski definition) is 1. The summed E-state index contributed by atoms with van der Waals surface area (Å²) in [5.41, 5.74) is 2.18. The Morgan fingerprint density at radius 1 is 1.50 bits per heavy atom. The van der Waals surface area contributed by atoms with E-state index in [1.807, 2.05) is 23.6 Å². The van der Waals surface area contributed by atoms with Crippen molar-refractivity contribution in [1.82, 2.24) is 20.0 Å². The zero-order chi connectivity index (χ0) is 11.5. The second-order valence-corrected chi connectivity index (χ2v) is 4.23. The maximum absolute atomic E-state index is 11.7. The molecule has 0 saturated carbocycles. The number of carbonyl (C=O) groups is 1. The highest BCUT2D eigenvalue weighted by Gasteiger charge is 2.17. The molecule has 1 N–H and O–H groups in total. The molecule has 5 nitrogen and oxygen atoms in total. The Kier molecular flexibility index (Phi) is 3.12. The monoisotopic (exact) mass is 222 g/mol. The number of likely N-dealkylation sites (tertiary alicyclic amines) is 1. The van der Waals surface area contributed by atoms with E-state index in [-0.39, 0.29) is 6.03 Å². The zero-order valence-corrected chi connectivity index (χ0v) is 9.86. The number of carbonyl (C=O) groups excluding carboxylic acids is 1. The van der Waals surface area contributed by atoms with Crippen molar-refractivity contribution in [2.24, 2.45) is 7.05 Å². The van der Waals surface area contributed by atoms with Gasteiger partial charge in [-0.1, -0.05) is 0 Å². The third kappa shape index (κ3) is 2.18. The van der Waals surface area contributed by atoms with E-state index < -0.39 is 0 Å². The van der Waals surface area contributed by atoms with Crippen LogP contribution in [0.3, 0.4) is 0 Å². The van der Waals surface area contributed by atoms with Crippen molar-refractivity contribution in [3.05, 3.63) is 17.5 Å². The molecule has 1 aromatic heterocycles. The van der Waals surface area contributed by atoms with Crippen molar-refractivity contribution < 1.29 is 4.79 Å². The first kappa shape index (κ1) is 11.0. The van der Waals surface area contributed by atoms with Gasteiger partial charge in [0.1, 0.15) is 0 Å². The number of nitrogens with one attached hydrogen (secondary N) is 1. The standard InChI is InChI=1S/C11H18N4O/c1-9-10(8-13-14(9)2)7-12-11(16)15-5-3-4-6-15/h8H,3-7H2,1-2H3,(H,12,16). The Balaban J connectivity index is 1.87. The molecule has 0 radical (unpaired) electrons. The fourth-order valence-corrected chi connectivity index (χ4v) is 1.92. The normalized spacial score (nSPS) is 15.5. The molecule has 0 unspecified atom stereocenters. The van der Waals surface area contributed by atoms with Crippen LogP contribution >= 0.6 is 0 Å². The first-order valence-electron chi connectivity index (χ1n) is 5.68. The highest BCUT2D eigenvalue weighted by atomic mass is 16.2. The molecule has 88 valence electrons. The van der Waals surface area contributed by atoms with Gasteiger partial charge in [-0.25, -0.2) is 4.79 Å². The zero-order valence-electron chi connectivity index (χ0n) is 9.86. The summed E-state index contributed by atoms with van der Waals surface area (Å²) < 4.78 is 1.82. The second-order valence-electron chi connectivity index (χ2n) is 4.23. The Labute approximate surface area is 95.4 Å². The van der Waals surface area contributed by atoms with Crippen molar-refractivity contribution in [1.29, 1.82) is 0 Å². The number of nitrogens with zero attached hydrogens (tertiary/aromatic N) is 3. The highest BCUT2D eigenvalue weighted by molar-refractivity contribution is 5.74. The van der Waals surface area contributed by atoms with E-state index in [2.05, 4.69) is 10.4 Å². The molecule has 16 heavy (non-hydrogen) atoms. The van der Waals surface area contributed by atoms with Crippen LogP contribution in [-0.4, -0.2) is 33.8 Å². The van der Waals surface area contributed by atoms with Crippen molar-refractivity contribution >= 4 is 6.03 Å². The Bertz CT molecular complexity index is 379. The van der Waals surface area contributed by atoms with Crippen LogP contribution in [0, 0.1) is 6.92 Å². The summed E-state index contributed by atoms with van der Waals surface area (Å²) in [6, 6.07) is 0.0424. The van der Waals surface area contributed by atoms with Crippen molar-refractivity contribution in [2.45, 2.75) is 26.3 Å². The van der Waals surface area contributed by atoms with Gasteiger partial charge >= 0.3 is 6.03 Å². The summed E-state index contributed by atoms with van der Waals surface area (Å²) in [5.74, 6) is 0. The van der Waals surface area contributed by atoms with Gasteiger partial charge in [0.15, 0.2) is 0 Å². The lowest BCUT2D eigenvalue weighted by Crippen LogP contribution is -2.37. The number of hydrogen-bond acceptors (Lipinski definition) is 2. The molecule has 0 aliphatic carbocycles. The minimum atomic E-state index is 0.0424. The van der Waals surface area contributed by atoms with Gasteiger partial charge in [-0.3, -0.25) is 4.68 Å². The van der Waals surface area contributed by atoms with E-state index in [4.69, 9.17) is 0 Å². The fourth-order valence-electron chi connectivity index (χ4n) is 1.92. The molecular formula is C11H18N4O. The van der Waals surface area contributed by atoms with Crippen LogP contribution in [0.4, 0.5) is 4.79 Å². The Morgan fingerprint density at radius 2 is 2.19 bits per heavy atom. The van der Waals surface area contributed by atoms with E-state index in [1.54, 1.807) is 6.20 Å². The quantitative estimate of drug-likeness (QED) is 0.812. The van der Waals surface area contributed by atoms with Gasteiger partial charge in [0.05, 0.1) is 6.20 Å². The molecule has 2 amide bonds. The van der Waals surface area contributed by atoms with Gasteiger partial charge in [0.2, 0.25) is 0 Å². The van der Waals surface area contributed by atoms with Gasteiger partial charge in [-0.15, -0.1) is 0 Å². The average Bonchev–Trinajstić information content (AvgIpc) is 2.89. The van der Waals surface area contributed by atoms with Gasteiger partial charge in [0.25, 0.3) is 0 Å². The van der Waals surface area contributed by atoms with Crippen LogP contribution < -0.4 is 5.32 Å². The molecule has 0 aromatic carbocycles. The number of aryl methyl sites for hydroxylation is 1. The average molecular weight is 222 g/mol. The SMILES string of the molecule is Cc1c(CNC(=O)N2CCCC2)cnn1C. The van der Waals surface area contributed by atoms with Gasteiger partial charge in [-0.2, -0.15) is 5.10 Å². The molecule has 0 atom stereocenters. The third-order valence-electron chi connectivity index (χ3n) is 3.16. The summed E-state index contributed by atoms with van der Waals surface area (Å²) in [7, 11) is 1.90. The molecule has 0 bridgehead atoms. The molecule has 2 heterocycles. The maximum Gasteiger partial charge on any atom is 0.317 e. The second kappa shape index (κ2) is 4.55. The van der Waals surface area contributed by atoms with Crippen LogP contribution in [-0.2, 0) is 13.6 Å².